The quantitative estimate of drug-likeness (QED) is 0.772. The molecule has 0 aliphatic carbocycles. The van der Waals surface area contributed by atoms with E-state index in [1.54, 1.807) is 11.8 Å². The molecule has 86 valence electrons. The summed E-state index contributed by atoms with van der Waals surface area (Å²) in [5.41, 5.74) is 5.79. The first kappa shape index (κ1) is 12.1. The third kappa shape index (κ3) is 2.73. The minimum Gasteiger partial charge on any atom is -0.382 e. The number of nitrogens with zero attached hydrogens (tertiary/aromatic N) is 4. The lowest BCUT2D eigenvalue weighted by molar-refractivity contribution is 0.123. The molecule has 1 heterocycles. The zero-order chi connectivity index (χ0) is 11.4. The van der Waals surface area contributed by atoms with Crippen LogP contribution in [0, 0.1) is 5.92 Å². The molecule has 0 aromatic carbocycles. The van der Waals surface area contributed by atoms with Crippen LogP contribution in [-0.2, 0) is 4.74 Å². The highest BCUT2D eigenvalue weighted by Crippen LogP contribution is 2.19. The molecular weight excluding hydrogens is 194 g/mol. The molecule has 0 fully saturated rings. The van der Waals surface area contributed by atoms with Gasteiger partial charge in [0.2, 0.25) is 0 Å². The maximum absolute atomic E-state index is 5.79. The van der Waals surface area contributed by atoms with Gasteiger partial charge in [0, 0.05) is 7.11 Å². The summed E-state index contributed by atoms with van der Waals surface area (Å²) in [4.78, 5) is 0. The third-order valence-corrected chi connectivity index (χ3v) is 2.35. The molecule has 2 atom stereocenters. The summed E-state index contributed by atoms with van der Waals surface area (Å²) >= 11 is 0. The Labute approximate surface area is 89.8 Å². The Morgan fingerprint density at radius 3 is 2.53 bits per heavy atom. The van der Waals surface area contributed by atoms with Gasteiger partial charge in [-0.15, -0.1) is 5.10 Å². The van der Waals surface area contributed by atoms with Gasteiger partial charge in [-0.25, -0.2) is 4.68 Å². The topological polar surface area (TPSA) is 78.8 Å². The smallest absolute Gasteiger partial charge is 0.168 e. The second-order valence-corrected chi connectivity index (χ2v) is 4.04. The summed E-state index contributed by atoms with van der Waals surface area (Å²) in [6.07, 6.45) is 0. The van der Waals surface area contributed by atoms with E-state index >= 15 is 0 Å². The first-order valence-electron chi connectivity index (χ1n) is 5.10. The molecule has 0 aliphatic heterocycles. The van der Waals surface area contributed by atoms with Gasteiger partial charge in [0.15, 0.2) is 5.82 Å². The predicted molar refractivity (Wildman–Crippen MR) is 56.2 cm³/mol. The number of hydrogen-bond donors (Lipinski definition) is 1. The van der Waals surface area contributed by atoms with Gasteiger partial charge in [-0.05, 0) is 23.3 Å². The highest BCUT2D eigenvalue weighted by molar-refractivity contribution is 4.90. The number of hydrogen-bond acceptors (Lipinski definition) is 5. The maximum atomic E-state index is 5.79. The maximum Gasteiger partial charge on any atom is 0.168 e. The van der Waals surface area contributed by atoms with E-state index in [1.165, 1.54) is 0 Å². The zero-order valence-electron chi connectivity index (χ0n) is 9.71. The van der Waals surface area contributed by atoms with Crippen LogP contribution < -0.4 is 5.73 Å². The number of methoxy groups -OCH3 is 1. The lowest BCUT2D eigenvalue weighted by Gasteiger charge is -2.21. The van der Waals surface area contributed by atoms with E-state index < -0.39 is 0 Å². The molecule has 6 nitrogen and oxygen atoms in total. The molecule has 1 aromatic rings. The molecule has 1 rings (SSSR count). The minimum atomic E-state index is -0.168. The summed E-state index contributed by atoms with van der Waals surface area (Å²) in [5, 5.41) is 11.6. The molecule has 0 saturated carbocycles. The molecule has 0 amide bonds. The van der Waals surface area contributed by atoms with Gasteiger partial charge in [-0.1, -0.05) is 13.8 Å². The van der Waals surface area contributed by atoms with E-state index in [9.17, 15) is 0 Å². The summed E-state index contributed by atoms with van der Waals surface area (Å²) in [5.74, 6) is 1.09. The van der Waals surface area contributed by atoms with Crippen LogP contribution in [0.3, 0.4) is 0 Å². The van der Waals surface area contributed by atoms with Gasteiger partial charge in [0.25, 0.3) is 0 Å². The average Bonchev–Trinajstić information content (AvgIpc) is 2.61. The number of rotatable bonds is 5. The van der Waals surface area contributed by atoms with Crippen LogP contribution in [0.25, 0.3) is 0 Å². The number of nitrogens with two attached hydrogens (primary N) is 1. The Bertz CT molecular complexity index is 296. The average molecular weight is 213 g/mol. The monoisotopic (exact) mass is 213 g/mol. The van der Waals surface area contributed by atoms with Gasteiger partial charge in [-0.3, -0.25) is 0 Å². The Kier molecular flexibility index (Phi) is 4.16. The van der Waals surface area contributed by atoms with Crippen molar-refractivity contribution in [2.75, 3.05) is 13.7 Å². The van der Waals surface area contributed by atoms with Gasteiger partial charge < -0.3 is 10.5 Å². The number of ether oxygens (including phenoxy) is 1. The van der Waals surface area contributed by atoms with E-state index in [2.05, 4.69) is 29.4 Å². The molecule has 0 radical (unpaired) electrons. The van der Waals surface area contributed by atoms with Crippen molar-refractivity contribution < 1.29 is 4.74 Å². The normalized spacial score (nSPS) is 15.6. The summed E-state index contributed by atoms with van der Waals surface area (Å²) in [6.45, 7) is 6.67. The van der Waals surface area contributed by atoms with Crippen molar-refractivity contribution in [1.82, 2.24) is 20.2 Å². The lowest BCUT2D eigenvalue weighted by Crippen LogP contribution is -2.25. The first-order chi connectivity index (χ1) is 7.07. The fourth-order valence-electron chi connectivity index (χ4n) is 1.45. The van der Waals surface area contributed by atoms with Crippen molar-refractivity contribution in [3.8, 4) is 0 Å². The van der Waals surface area contributed by atoms with E-state index in [4.69, 9.17) is 10.5 Å². The SMILES string of the molecule is COCC(C(C)C)n1nnnc1C(C)N. The van der Waals surface area contributed by atoms with Gasteiger partial charge in [0.1, 0.15) is 0 Å². The van der Waals surface area contributed by atoms with E-state index in [1.807, 2.05) is 6.92 Å². The Hall–Kier alpha value is -1.01. The second-order valence-electron chi connectivity index (χ2n) is 4.04. The Morgan fingerprint density at radius 2 is 2.07 bits per heavy atom. The summed E-state index contributed by atoms with van der Waals surface area (Å²) < 4.78 is 6.93. The van der Waals surface area contributed by atoms with Crippen LogP contribution in [0.2, 0.25) is 0 Å². The van der Waals surface area contributed by atoms with Crippen LogP contribution in [0.5, 0.6) is 0 Å². The Morgan fingerprint density at radius 1 is 1.40 bits per heavy atom. The van der Waals surface area contributed by atoms with Crippen LogP contribution >= 0.6 is 0 Å². The van der Waals surface area contributed by atoms with Crippen molar-refractivity contribution in [1.29, 1.82) is 0 Å². The molecule has 6 heteroatoms. The van der Waals surface area contributed by atoms with E-state index in [0.29, 0.717) is 18.3 Å². The third-order valence-electron chi connectivity index (χ3n) is 2.35. The molecular formula is C9H19N5O. The van der Waals surface area contributed by atoms with Crippen LogP contribution in [-0.4, -0.2) is 33.9 Å². The van der Waals surface area contributed by atoms with Crippen LogP contribution in [0.4, 0.5) is 0 Å². The minimum absolute atomic E-state index is 0.131. The van der Waals surface area contributed by atoms with Crippen LogP contribution in [0.1, 0.15) is 38.7 Å². The standard InChI is InChI=1S/C9H19N5O/c1-6(2)8(5-15-4)14-9(7(3)10)11-12-13-14/h6-8H,5,10H2,1-4H3. The summed E-state index contributed by atoms with van der Waals surface area (Å²) in [7, 11) is 1.67. The number of aromatic nitrogens is 4. The molecule has 0 bridgehead atoms. The van der Waals surface area contributed by atoms with Gasteiger partial charge >= 0.3 is 0 Å². The molecule has 15 heavy (non-hydrogen) atoms. The number of tetrazole rings is 1. The van der Waals surface area contributed by atoms with E-state index in [-0.39, 0.29) is 12.1 Å². The highest BCUT2D eigenvalue weighted by Gasteiger charge is 2.22. The molecule has 0 spiro atoms. The van der Waals surface area contributed by atoms with Crippen molar-refractivity contribution in [3.05, 3.63) is 5.82 Å². The molecule has 0 saturated heterocycles. The van der Waals surface area contributed by atoms with Crippen molar-refractivity contribution in [3.63, 3.8) is 0 Å². The largest absolute Gasteiger partial charge is 0.382 e. The van der Waals surface area contributed by atoms with Gasteiger partial charge in [-0.2, -0.15) is 0 Å². The van der Waals surface area contributed by atoms with Crippen molar-refractivity contribution in [2.45, 2.75) is 32.9 Å². The predicted octanol–water partition coefficient (Wildman–Crippen LogP) is 0.536. The molecule has 1 aromatic heterocycles. The van der Waals surface area contributed by atoms with Crippen molar-refractivity contribution >= 4 is 0 Å². The highest BCUT2D eigenvalue weighted by atomic mass is 16.5. The van der Waals surface area contributed by atoms with Crippen molar-refractivity contribution in [2.24, 2.45) is 11.7 Å². The molecule has 2 unspecified atom stereocenters. The van der Waals surface area contributed by atoms with Crippen LogP contribution in [0.15, 0.2) is 0 Å². The van der Waals surface area contributed by atoms with E-state index in [0.717, 1.165) is 0 Å². The first-order valence-corrected chi connectivity index (χ1v) is 5.10. The molecule has 0 aliphatic rings. The molecule has 2 N–H and O–H groups in total. The summed E-state index contributed by atoms with van der Waals surface area (Å²) in [6, 6.07) is -0.0379. The van der Waals surface area contributed by atoms with Gasteiger partial charge in [0.05, 0.1) is 18.7 Å². The second kappa shape index (κ2) is 5.18. The lowest BCUT2D eigenvalue weighted by atomic mass is 10.1. The fraction of sp³-hybridized carbons (Fsp3) is 0.889. The zero-order valence-corrected chi connectivity index (χ0v) is 9.71. The Balaban J connectivity index is 2.94. The fourth-order valence-corrected chi connectivity index (χ4v) is 1.45.